The van der Waals surface area contributed by atoms with Gasteiger partial charge in [-0.3, -0.25) is 0 Å². The highest BCUT2D eigenvalue weighted by Gasteiger charge is 2.30. The van der Waals surface area contributed by atoms with Crippen molar-refractivity contribution in [3.8, 4) is 0 Å². The molecule has 0 aromatic rings. The minimum atomic E-state index is -3.43. The standard InChI is InChI=1S/C13H24ClNO4S/c1-13(2,3)19-12(16)15(4)11-7-5-10(6-8-11)9-20(14,17)18/h10-11H,5-9H2,1-4H3. The molecule has 1 rings (SSSR count). The summed E-state index contributed by atoms with van der Waals surface area (Å²) in [5.41, 5.74) is -0.505. The summed E-state index contributed by atoms with van der Waals surface area (Å²) in [6.45, 7) is 5.50. The van der Waals surface area contributed by atoms with Crippen molar-refractivity contribution in [2.45, 2.75) is 58.1 Å². The molecule has 0 N–H and O–H groups in total. The summed E-state index contributed by atoms with van der Waals surface area (Å²) in [5.74, 6) is 0.123. The number of halogens is 1. The molecule has 1 saturated carbocycles. The van der Waals surface area contributed by atoms with Crippen LogP contribution in [0.3, 0.4) is 0 Å². The van der Waals surface area contributed by atoms with Gasteiger partial charge < -0.3 is 9.64 Å². The second-order valence-corrected chi connectivity index (χ2v) is 9.29. The van der Waals surface area contributed by atoms with Crippen molar-refractivity contribution in [3.05, 3.63) is 0 Å². The lowest BCUT2D eigenvalue weighted by molar-refractivity contribution is 0.0175. The number of nitrogens with zero attached hydrogens (tertiary/aromatic N) is 1. The lowest BCUT2D eigenvalue weighted by Crippen LogP contribution is -2.42. The molecule has 0 aromatic heterocycles. The Morgan fingerprint density at radius 1 is 1.25 bits per heavy atom. The van der Waals surface area contributed by atoms with Crippen LogP contribution in [0.25, 0.3) is 0 Å². The molecule has 118 valence electrons. The van der Waals surface area contributed by atoms with E-state index in [1.165, 1.54) is 0 Å². The molecule has 0 saturated heterocycles. The molecule has 7 heteroatoms. The Kier molecular flexibility index (Phi) is 5.72. The number of ether oxygens (including phenoxy) is 1. The smallest absolute Gasteiger partial charge is 0.410 e. The lowest BCUT2D eigenvalue weighted by atomic mass is 9.87. The van der Waals surface area contributed by atoms with Gasteiger partial charge in [-0.1, -0.05) is 0 Å². The van der Waals surface area contributed by atoms with Crippen molar-refractivity contribution in [1.82, 2.24) is 4.90 Å². The van der Waals surface area contributed by atoms with E-state index >= 15 is 0 Å². The van der Waals surface area contributed by atoms with Gasteiger partial charge in [0, 0.05) is 23.8 Å². The van der Waals surface area contributed by atoms with Crippen LogP contribution in [0, 0.1) is 5.92 Å². The highest BCUT2D eigenvalue weighted by molar-refractivity contribution is 8.13. The summed E-state index contributed by atoms with van der Waals surface area (Å²) in [7, 11) is 3.57. The Morgan fingerprint density at radius 2 is 1.75 bits per heavy atom. The molecule has 0 radical (unpaired) electrons. The van der Waals surface area contributed by atoms with Crippen molar-refractivity contribution in [3.63, 3.8) is 0 Å². The molecule has 0 atom stereocenters. The average molecular weight is 326 g/mol. The van der Waals surface area contributed by atoms with E-state index in [2.05, 4.69) is 0 Å². The van der Waals surface area contributed by atoms with Gasteiger partial charge in [-0.15, -0.1) is 0 Å². The summed E-state index contributed by atoms with van der Waals surface area (Å²) in [5, 5.41) is 0. The van der Waals surface area contributed by atoms with Crippen LogP contribution in [0.5, 0.6) is 0 Å². The number of carbonyl (C=O) groups is 1. The topological polar surface area (TPSA) is 63.7 Å². The largest absolute Gasteiger partial charge is 0.444 e. The minimum Gasteiger partial charge on any atom is -0.444 e. The number of hydrogen-bond donors (Lipinski definition) is 0. The van der Waals surface area contributed by atoms with Gasteiger partial charge in [-0.2, -0.15) is 0 Å². The number of rotatable bonds is 3. The Labute approximate surface area is 126 Å². The van der Waals surface area contributed by atoms with Crippen LogP contribution in [0.15, 0.2) is 0 Å². The summed E-state index contributed by atoms with van der Waals surface area (Å²) in [4.78, 5) is 13.6. The minimum absolute atomic E-state index is 0.0252. The van der Waals surface area contributed by atoms with Crippen LogP contribution >= 0.6 is 10.7 Å². The van der Waals surface area contributed by atoms with Crippen molar-refractivity contribution < 1.29 is 17.9 Å². The predicted molar refractivity (Wildman–Crippen MR) is 79.4 cm³/mol. The Morgan fingerprint density at radius 3 is 2.15 bits per heavy atom. The summed E-state index contributed by atoms with van der Waals surface area (Å²) in [6.07, 6.45) is 2.78. The maximum absolute atomic E-state index is 12.0. The first kappa shape index (κ1) is 17.6. The molecule has 1 fully saturated rings. The van der Waals surface area contributed by atoms with Gasteiger partial charge in [0.25, 0.3) is 0 Å². The third-order valence-corrected chi connectivity index (χ3v) is 4.73. The van der Waals surface area contributed by atoms with Crippen LogP contribution in [0.1, 0.15) is 46.5 Å². The molecule has 0 bridgehead atoms. The Bertz CT molecular complexity index is 436. The highest BCUT2D eigenvalue weighted by atomic mass is 35.7. The normalized spacial score (nSPS) is 24.2. The summed E-state index contributed by atoms with van der Waals surface area (Å²) in [6, 6.07) is 0.110. The molecular formula is C13H24ClNO4S. The van der Waals surface area contributed by atoms with Gasteiger partial charge in [0.1, 0.15) is 5.60 Å². The predicted octanol–water partition coefficient (Wildman–Crippen LogP) is 2.98. The Hall–Kier alpha value is -0.490. The molecule has 0 aromatic carbocycles. The molecule has 0 heterocycles. The van der Waals surface area contributed by atoms with Gasteiger partial charge in [0.2, 0.25) is 9.05 Å². The Balaban J connectivity index is 2.47. The van der Waals surface area contributed by atoms with Gasteiger partial charge >= 0.3 is 6.09 Å². The second kappa shape index (κ2) is 6.52. The molecule has 20 heavy (non-hydrogen) atoms. The molecule has 1 amide bonds. The molecule has 0 unspecified atom stereocenters. The first-order valence-electron chi connectivity index (χ1n) is 6.86. The fourth-order valence-corrected chi connectivity index (χ4v) is 3.89. The first-order valence-corrected chi connectivity index (χ1v) is 9.34. The average Bonchev–Trinajstić information content (AvgIpc) is 2.24. The van der Waals surface area contributed by atoms with E-state index < -0.39 is 14.7 Å². The zero-order valence-corrected chi connectivity index (χ0v) is 14.1. The molecule has 1 aliphatic carbocycles. The van der Waals surface area contributed by atoms with Gasteiger partial charge in [-0.25, -0.2) is 13.2 Å². The quantitative estimate of drug-likeness (QED) is 0.748. The maximum atomic E-state index is 12.0. The number of carbonyl (C=O) groups excluding carboxylic acids is 1. The van der Waals surface area contributed by atoms with E-state index in [1.54, 1.807) is 11.9 Å². The molecular weight excluding hydrogens is 302 g/mol. The highest BCUT2D eigenvalue weighted by Crippen LogP contribution is 2.29. The SMILES string of the molecule is CN(C(=O)OC(C)(C)C)C1CCC(CS(=O)(=O)Cl)CC1. The van der Waals surface area contributed by atoms with Gasteiger partial charge in [0.05, 0.1) is 5.75 Å². The molecule has 0 spiro atoms. The van der Waals surface area contributed by atoms with Crippen LogP contribution in [0.4, 0.5) is 4.79 Å². The molecule has 1 aliphatic rings. The van der Waals surface area contributed by atoms with Crippen LogP contribution in [0.2, 0.25) is 0 Å². The van der Waals surface area contributed by atoms with Crippen molar-refractivity contribution >= 4 is 25.8 Å². The molecule has 0 aliphatic heterocycles. The maximum Gasteiger partial charge on any atom is 0.410 e. The third kappa shape index (κ3) is 6.31. The lowest BCUT2D eigenvalue weighted by Gasteiger charge is -2.35. The van der Waals surface area contributed by atoms with Crippen molar-refractivity contribution in [1.29, 1.82) is 0 Å². The van der Waals surface area contributed by atoms with Crippen LogP contribution in [-0.4, -0.2) is 43.9 Å². The monoisotopic (exact) mass is 325 g/mol. The zero-order valence-electron chi connectivity index (χ0n) is 12.6. The molecule has 5 nitrogen and oxygen atoms in total. The second-order valence-electron chi connectivity index (χ2n) is 6.47. The van der Waals surface area contributed by atoms with E-state index in [0.29, 0.717) is 0 Å². The summed E-state index contributed by atoms with van der Waals surface area (Å²) >= 11 is 0. The number of amides is 1. The number of hydrogen-bond acceptors (Lipinski definition) is 4. The third-order valence-electron chi connectivity index (χ3n) is 3.48. The van der Waals surface area contributed by atoms with Gasteiger partial charge in [-0.05, 0) is 52.4 Å². The van der Waals surface area contributed by atoms with E-state index in [0.717, 1.165) is 25.7 Å². The van der Waals surface area contributed by atoms with E-state index in [1.807, 2.05) is 20.8 Å². The van der Waals surface area contributed by atoms with Gasteiger partial charge in [0.15, 0.2) is 0 Å². The van der Waals surface area contributed by atoms with Crippen molar-refractivity contribution in [2.75, 3.05) is 12.8 Å². The summed E-state index contributed by atoms with van der Waals surface area (Å²) < 4.78 is 27.5. The van der Waals surface area contributed by atoms with E-state index in [4.69, 9.17) is 15.4 Å². The zero-order chi connectivity index (χ0) is 15.6. The first-order chi connectivity index (χ1) is 8.98. The fraction of sp³-hybridized carbons (Fsp3) is 0.923. The van der Waals surface area contributed by atoms with Crippen LogP contribution in [-0.2, 0) is 13.8 Å². The van der Waals surface area contributed by atoms with E-state index in [9.17, 15) is 13.2 Å². The van der Waals surface area contributed by atoms with E-state index in [-0.39, 0.29) is 23.8 Å². The van der Waals surface area contributed by atoms with Crippen LogP contribution < -0.4 is 0 Å². The fourth-order valence-electron chi connectivity index (χ4n) is 2.46. The van der Waals surface area contributed by atoms with Crippen molar-refractivity contribution in [2.24, 2.45) is 5.92 Å².